The van der Waals surface area contributed by atoms with E-state index in [9.17, 15) is 39.6 Å². The van der Waals surface area contributed by atoms with Crippen LogP contribution in [0.2, 0.25) is 0 Å². The lowest BCUT2D eigenvalue weighted by molar-refractivity contribution is -0.198. The van der Waals surface area contributed by atoms with Crippen LogP contribution in [0, 0.1) is 0 Å². The fourth-order valence-electron chi connectivity index (χ4n) is 4.27. The van der Waals surface area contributed by atoms with Crippen molar-refractivity contribution in [3.05, 3.63) is 0 Å². The number of rotatable bonds is 13. The summed E-state index contributed by atoms with van der Waals surface area (Å²) in [5, 5.41) is 51.6. The van der Waals surface area contributed by atoms with Crippen LogP contribution < -0.4 is 38.5 Å². The monoisotopic (exact) mass is 562 g/mol. The van der Waals surface area contributed by atoms with Crippen LogP contribution in [0.3, 0.4) is 0 Å². The number of hydrogen-bond acceptors (Lipinski definition) is 14. The molecule has 222 valence electrons. The van der Waals surface area contributed by atoms with Crippen molar-refractivity contribution in [3.8, 4) is 0 Å². The Morgan fingerprint density at radius 3 is 2.46 bits per heavy atom. The lowest BCUT2D eigenvalue weighted by Crippen LogP contribution is -2.69. The highest BCUT2D eigenvalue weighted by Gasteiger charge is 2.47. The Balaban J connectivity index is 2.25. The van der Waals surface area contributed by atoms with Crippen LogP contribution in [0.15, 0.2) is 4.99 Å². The number of nitrogens with two attached hydrogens (primary N) is 3. The van der Waals surface area contributed by atoms with Crippen LogP contribution in [-0.2, 0) is 23.9 Å². The molecule has 9 atom stereocenters. The minimum atomic E-state index is -1.67. The smallest absolute Gasteiger partial charge is 0.404 e. The van der Waals surface area contributed by atoms with E-state index in [4.69, 9.17) is 21.9 Å². The van der Waals surface area contributed by atoms with Gasteiger partial charge in [0.1, 0.15) is 31.0 Å². The third-order valence-corrected chi connectivity index (χ3v) is 6.16. The number of carboxylic acids is 1. The van der Waals surface area contributed by atoms with Crippen molar-refractivity contribution in [2.24, 2.45) is 22.2 Å². The first-order chi connectivity index (χ1) is 18.4. The van der Waals surface area contributed by atoms with Gasteiger partial charge >= 0.3 is 12.1 Å². The number of aliphatic hydroxyl groups excluding tert-OH is 3. The first kappa shape index (κ1) is 31.9. The summed E-state index contributed by atoms with van der Waals surface area (Å²) in [5.41, 5.74) is 16.0. The van der Waals surface area contributed by atoms with Gasteiger partial charge in [-0.1, -0.05) is 0 Å². The molecular formula is C21H38N8O10. The standard InChI is InChI=1S/C21H38N8O10/c1-8(30)25-9(3-2-4-22)5-12(32)26-15-17(34)16(33)11(7-38-20(24)37)39-18(15)29-21-27-13(10(31)6-23)14(28-21)19(35)36/h9-11,13-18,31,33-34H,2-7,22-23H2,1H3,(H2,24,37)(H,25,30)(H,26,32)(H,35,36)(H2,27,28,29)/t9-,10+,11+,13+,14+,15+,16-,17-,18+/m0/s1. The van der Waals surface area contributed by atoms with E-state index >= 15 is 0 Å². The second kappa shape index (κ2) is 14.8. The number of carboxylic acid groups (broad SMARTS) is 1. The summed E-state index contributed by atoms with van der Waals surface area (Å²) in [6, 6.07) is -4.42. The van der Waals surface area contributed by atoms with Crippen LogP contribution in [0.5, 0.6) is 0 Å². The highest BCUT2D eigenvalue weighted by molar-refractivity contribution is 5.89. The Bertz CT molecular complexity index is 908. The van der Waals surface area contributed by atoms with Crippen molar-refractivity contribution < 1.29 is 49.1 Å². The minimum Gasteiger partial charge on any atom is -0.480 e. The normalized spacial score (nSPS) is 29.8. The Morgan fingerprint density at radius 2 is 1.90 bits per heavy atom. The SMILES string of the molecule is CC(=O)N[C@@H](CCCN)CC(=O)N[C@@H]1[C@H](O)[C@@H](O)[C@@H](COC(N)=O)O[C@H]1NC1=N[C@@H](C(=O)O)[C@@H]([C@H](O)CN)N1. The Hall–Kier alpha value is -3.29. The number of ether oxygens (including phenoxy) is 2. The molecule has 2 aliphatic heterocycles. The fraction of sp³-hybridized carbons (Fsp3) is 0.762. The van der Waals surface area contributed by atoms with E-state index in [1.54, 1.807) is 0 Å². The second-order valence-electron chi connectivity index (χ2n) is 9.21. The summed E-state index contributed by atoms with van der Waals surface area (Å²) in [5.74, 6) is -2.49. The minimum absolute atomic E-state index is 0.165. The zero-order valence-electron chi connectivity index (χ0n) is 21.4. The van der Waals surface area contributed by atoms with Crippen molar-refractivity contribution in [2.75, 3.05) is 19.7 Å². The molecule has 0 aromatic heterocycles. The van der Waals surface area contributed by atoms with E-state index in [-0.39, 0.29) is 24.8 Å². The summed E-state index contributed by atoms with van der Waals surface area (Å²) in [4.78, 5) is 51.1. The van der Waals surface area contributed by atoms with Gasteiger partial charge in [0.25, 0.3) is 0 Å². The van der Waals surface area contributed by atoms with E-state index in [0.29, 0.717) is 19.4 Å². The number of aliphatic imine (C=N–C) groups is 1. The molecule has 0 aliphatic carbocycles. The van der Waals surface area contributed by atoms with E-state index in [2.05, 4.69) is 31.0 Å². The Kier molecular flexibility index (Phi) is 12.1. The maximum Gasteiger partial charge on any atom is 0.404 e. The van der Waals surface area contributed by atoms with E-state index < -0.39 is 79.4 Å². The molecule has 14 N–H and O–H groups in total. The van der Waals surface area contributed by atoms with Crippen LogP contribution in [-0.4, -0.2) is 125 Å². The molecule has 0 unspecified atom stereocenters. The number of nitrogens with one attached hydrogen (secondary N) is 4. The highest BCUT2D eigenvalue weighted by atomic mass is 16.6. The molecule has 1 fully saturated rings. The number of carbonyl (C=O) groups is 4. The van der Waals surface area contributed by atoms with E-state index in [0.717, 1.165) is 0 Å². The number of aliphatic carboxylic acids is 1. The van der Waals surface area contributed by atoms with E-state index in [1.165, 1.54) is 6.92 Å². The van der Waals surface area contributed by atoms with Gasteiger partial charge in [-0.25, -0.2) is 14.6 Å². The average molecular weight is 563 g/mol. The van der Waals surface area contributed by atoms with Crippen LogP contribution in [0.25, 0.3) is 0 Å². The predicted molar refractivity (Wildman–Crippen MR) is 133 cm³/mol. The van der Waals surface area contributed by atoms with Crippen LogP contribution in [0.4, 0.5) is 4.79 Å². The van der Waals surface area contributed by atoms with Crippen molar-refractivity contribution in [2.45, 2.75) is 81.0 Å². The maximum absolute atomic E-state index is 12.9. The van der Waals surface area contributed by atoms with Crippen molar-refractivity contribution in [1.82, 2.24) is 21.3 Å². The Labute approximate surface area is 223 Å². The third kappa shape index (κ3) is 9.15. The molecule has 0 saturated carbocycles. The number of aliphatic hydroxyl groups is 3. The van der Waals surface area contributed by atoms with Crippen LogP contribution in [0.1, 0.15) is 26.2 Å². The molecule has 2 heterocycles. The molecule has 0 bridgehead atoms. The van der Waals surface area contributed by atoms with Gasteiger partial charge in [0, 0.05) is 25.9 Å². The number of amides is 3. The molecule has 39 heavy (non-hydrogen) atoms. The molecule has 2 aliphatic rings. The van der Waals surface area contributed by atoms with Crippen LogP contribution >= 0.6 is 0 Å². The molecule has 18 heteroatoms. The number of nitrogens with zero attached hydrogens (tertiary/aromatic N) is 1. The van der Waals surface area contributed by atoms with Crippen molar-refractivity contribution in [3.63, 3.8) is 0 Å². The van der Waals surface area contributed by atoms with Crippen molar-refractivity contribution >= 4 is 29.8 Å². The van der Waals surface area contributed by atoms with Gasteiger partial charge in [-0.15, -0.1) is 0 Å². The lowest BCUT2D eigenvalue weighted by Gasteiger charge is -2.43. The number of primary amides is 1. The molecule has 0 aromatic rings. The summed E-state index contributed by atoms with van der Waals surface area (Å²) < 4.78 is 10.4. The molecule has 0 spiro atoms. The molecule has 18 nitrogen and oxygen atoms in total. The summed E-state index contributed by atoms with van der Waals surface area (Å²) in [7, 11) is 0. The quantitative estimate of drug-likeness (QED) is 0.0997. The summed E-state index contributed by atoms with van der Waals surface area (Å²) in [6.07, 6.45) is -7.67. The zero-order chi connectivity index (χ0) is 29.3. The number of guanidine groups is 1. The second-order valence-corrected chi connectivity index (χ2v) is 9.21. The van der Waals surface area contributed by atoms with Gasteiger partial charge in [0.2, 0.25) is 11.8 Å². The first-order valence-electron chi connectivity index (χ1n) is 12.3. The van der Waals surface area contributed by atoms with Crippen molar-refractivity contribution in [1.29, 1.82) is 0 Å². The number of hydrogen-bond donors (Lipinski definition) is 11. The fourth-order valence-corrected chi connectivity index (χ4v) is 4.27. The zero-order valence-corrected chi connectivity index (χ0v) is 21.4. The van der Waals surface area contributed by atoms with Gasteiger partial charge in [-0.3, -0.25) is 9.59 Å². The van der Waals surface area contributed by atoms with Gasteiger partial charge < -0.3 is 68.4 Å². The topological polar surface area (TPSA) is 306 Å². The first-order valence-corrected chi connectivity index (χ1v) is 12.3. The molecular weight excluding hydrogens is 524 g/mol. The number of carbonyl (C=O) groups excluding carboxylic acids is 3. The average Bonchev–Trinajstić information content (AvgIpc) is 3.29. The van der Waals surface area contributed by atoms with Gasteiger partial charge in [-0.2, -0.15) is 0 Å². The van der Waals surface area contributed by atoms with Gasteiger partial charge in [0.15, 0.2) is 18.2 Å². The Morgan fingerprint density at radius 1 is 1.21 bits per heavy atom. The van der Waals surface area contributed by atoms with Gasteiger partial charge in [-0.05, 0) is 19.4 Å². The highest BCUT2D eigenvalue weighted by Crippen LogP contribution is 2.22. The predicted octanol–water partition coefficient (Wildman–Crippen LogP) is -5.66. The molecule has 1 saturated heterocycles. The molecule has 3 amide bonds. The van der Waals surface area contributed by atoms with Gasteiger partial charge in [0.05, 0.1) is 12.1 Å². The third-order valence-electron chi connectivity index (χ3n) is 6.16. The summed E-state index contributed by atoms with van der Waals surface area (Å²) >= 11 is 0. The largest absolute Gasteiger partial charge is 0.480 e. The molecule has 2 rings (SSSR count). The maximum atomic E-state index is 12.9. The molecule has 0 radical (unpaired) electrons. The lowest BCUT2D eigenvalue weighted by atomic mass is 9.95. The molecule has 0 aromatic carbocycles. The summed E-state index contributed by atoms with van der Waals surface area (Å²) in [6.45, 7) is 0.819. The van der Waals surface area contributed by atoms with E-state index in [1.807, 2.05) is 0 Å².